The molecule has 120 valence electrons. The second-order valence-electron chi connectivity index (χ2n) is 5.54. The highest BCUT2D eigenvalue weighted by molar-refractivity contribution is 8.00. The maximum Gasteiger partial charge on any atom is 0.327 e. The number of carbonyl (C=O) groups excluding carboxylic acids is 1. The fraction of sp³-hybridized carbons (Fsp3) is 0.833. The Kier molecular flexibility index (Phi) is 5.03. The summed E-state index contributed by atoms with van der Waals surface area (Å²) in [5, 5.41) is 11.8. The van der Waals surface area contributed by atoms with Gasteiger partial charge in [-0.05, 0) is 25.2 Å². The van der Waals surface area contributed by atoms with Crippen LogP contribution in [0.1, 0.15) is 19.3 Å². The van der Waals surface area contributed by atoms with Gasteiger partial charge in [0.05, 0.1) is 11.1 Å². The van der Waals surface area contributed by atoms with Crippen LogP contribution < -0.4 is 5.32 Å². The van der Waals surface area contributed by atoms with Gasteiger partial charge in [0.25, 0.3) is 0 Å². The first-order valence-corrected chi connectivity index (χ1v) is 9.99. The highest BCUT2D eigenvalue weighted by Crippen LogP contribution is 2.45. The third-order valence-corrected chi connectivity index (χ3v) is 6.04. The number of carbonyl (C=O) groups is 2. The molecule has 2 N–H and O–H groups in total. The number of amides is 2. The van der Waals surface area contributed by atoms with E-state index in [2.05, 4.69) is 5.32 Å². The highest BCUT2D eigenvalue weighted by atomic mass is 32.2. The van der Waals surface area contributed by atoms with Crippen molar-refractivity contribution in [3.63, 3.8) is 0 Å². The first-order valence-electron chi connectivity index (χ1n) is 6.88. The zero-order chi connectivity index (χ0) is 15.6. The van der Waals surface area contributed by atoms with Crippen molar-refractivity contribution >= 4 is 33.6 Å². The molecule has 2 atom stereocenters. The molecular formula is C12H20N2O5S2. The third kappa shape index (κ3) is 4.50. The van der Waals surface area contributed by atoms with Crippen LogP contribution in [0.25, 0.3) is 0 Å². The number of rotatable bonds is 6. The van der Waals surface area contributed by atoms with E-state index in [0.717, 1.165) is 19.1 Å². The van der Waals surface area contributed by atoms with Crippen molar-refractivity contribution in [1.82, 2.24) is 10.2 Å². The summed E-state index contributed by atoms with van der Waals surface area (Å²) in [6.45, 7) is 0.233. The van der Waals surface area contributed by atoms with Crippen molar-refractivity contribution in [2.45, 2.75) is 30.7 Å². The number of carboxylic acid groups (broad SMARTS) is 1. The molecule has 2 amide bonds. The molecule has 21 heavy (non-hydrogen) atoms. The fourth-order valence-corrected chi connectivity index (χ4v) is 4.64. The molecule has 2 rings (SSSR count). The Labute approximate surface area is 128 Å². The molecule has 2 aliphatic rings. The molecule has 9 heteroatoms. The summed E-state index contributed by atoms with van der Waals surface area (Å²) in [6, 6.07) is -1.20. The molecule has 0 aromatic rings. The van der Waals surface area contributed by atoms with Crippen LogP contribution in [0.5, 0.6) is 0 Å². The normalized spacial score (nSPS) is 25.9. The molecule has 0 spiro atoms. The summed E-state index contributed by atoms with van der Waals surface area (Å²) in [4.78, 5) is 24.9. The lowest BCUT2D eigenvalue weighted by atomic mass is 10.2. The van der Waals surface area contributed by atoms with E-state index in [1.54, 1.807) is 0 Å². The van der Waals surface area contributed by atoms with Crippen LogP contribution in [0, 0.1) is 5.92 Å². The van der Waals surface area contributed by atoms with E-state index >= 15 is 0 Å². The van der Waals surface area contributed by atoms with Gasteiger partial charge in [-0.1, -0.05) is 0 Å². The van der Waals surface area contributed by atoms with Gasteiger partial charge in [-0.3, -0.25) is 4.90 Å². The average Bonchev–Trinajstić information content (AvgIpc) is 3.11. The van der Waals surface area contributed by atoms with Crippen LogP contribution in [0.4, 0.5) is 4.79 Å². The predicted octanol–water partition coefficient (Wildman–Crippen LogP) is 0.369. The molecule has 1 aliphatic heterocycles. The molecule has 1 saturated heterocycles. The molecule has 7 nitrogen and oxygen atoms in total. The molecule has 1 aliphatic carbocycles. The van der Waals surface area contributed by atoms with Crippen LogP contribution in [0.15, 0.2) is 0 Å². The second kappa shape index (κ2) is 6.43. The molecule has 2 fully saturated rings. The number of urea groups is 1. The Bertz CT molecular complexity index is 518. The van der Waals surface area contributed by atoms with Crippen molar-refractivity contribution in [1.29, 1.82) is 0 Å². The standard InChI is InChI=1S/C12H20N2O5S2/c1-21(18,19)6-2-5-13-12(17)14-9(11(15)16)7-20-10(14)8-3-4-8/h8-10H,2-7H2,1H3,(H,13,17)(H,15,16). The van der Waals surface area contributed by atoms with E-state index in [1.165, 1.54) is 16.7 Å². The quantitative estimate of drug-likeness (QED) is 0.679. The summed E-state index contributed by atoms with van der Waals surface area (Å²) in [5.41, 5.74) is 0. The zero-order valence-corrected chi connectivity index (χ0v) is 13.5. The van der Waals surface area contributed by atoms with Gasteiger partial charge in [0.15, 0.2) is 0 Å². The molecule has 1 saturated carbocycles. The molecule has 0 bridgehead atoms. The Balaban J connectivity index is 1.89. The number of nitrogens with one attached hydrogen (secondary N) is 1. The van der Waals surface area contributed by atoms with E-state index in [9.17, 15) is 23.1 Å². The summed E-state index contributed by atoms with van der Waals surface area (Å²) < 4.78 is 22.0. The molecule has 2 unspecified atom stereocenters. The lowest BCUT2D eigenvalue weighted by Gasteiger charge is -2.27. The van der Waals surface area contributed by atoms with Crippen molar-refractivity contribution in [3.8, 4) is 0 Å². The number of carboxylic acids is 1. The van der Waals surface area contributed by atoms with Crippen LogP contribution in [0.3, 0.4) is 0 Å². The maximum atomic E-state index is 12.2. The summed E-state index contributed by atoms with van der Waals surface area (Å²) in [6.07, 6.45) is 3.54. The lowest BCUT2D eigenvalue weighted by Crippen LogP contribution is -2.51. The van der Waals surface area contributed by atoms with Gasteiger partial charge in [0.1, 0.15) is 15.9 Å². The minimum absolute atomic E-state index is 0.0104. The predicted molar refractivity (Wildman–Crippen MR) is 80.0 cm³/mol. The largest absolute Gasteiger partial charge is 0.480 e. The number of nitrogens with zero attached hydrogens (tertiary/aromatic N) is 1. The first-order chi connectivity index (χ1) is 9.79. The van der Waals surface area contributed by atoms with Gasteiger partial charge in [0, 0.05) is 18.6 Å². The summed E-state index contributed by atoms with van der Waals surface area (Å²) in [5.74, 6) is -0.179. The Morgan fingerprint density at radius 3 is 2.57 bits per heavy atom. The molecule has 0 aromatic carbocycles. The number of hydrogen-bond donors (Lipinski definition) is 2. The minimum atomic E-state index is -3.04. The number of aliphatic carboxylic acids is 1. The smallest absolute Gasteiger partial charge is 0.327 e. The number of thioether (sulfide) groups is 1. The van der Waals surface area contributed by atoms with Crippen molar-refractivity contribution in [3.05, 3.63) is 0 Å². The molecule has 0 aromatic heterocycles. The third-order valence-electron chi connectivity index (χ3n) is 3.55. The van der Waals surface area contributed by atoms with Crippen LogP contribution in [-0.2, 0) is 14.6 Å². The van der Waals surface area contributed by atoms with Crippen molar-refractivity contribution < 1.29 is 23.1 Å². The Morgan fingerprint density at radius 1 is 1.38 bits per heavy atom. The van der Waals surface area contributed by atoms with E-state index < -0.39 is 27.9 Å². The highest BCUT2D eigenvalue weighted by Gasteiger charge is 2.47. The van der Waals surface area contributed by atoms with Gasteiger partial charge < -0.3 is 10.4 Å². The molecule has 0 radical (unpaired) electrons. The van der Waals surface area contributed by atoms with E-state index in [1.807, 2.05) is 0 Å². The van der Waals surface area contributed by atoms with Gasteiger partial charge in [-0.2, -0.15) is 0 Å². The zero-order valence-electron chi connectivity index (χ0n) is 11.8. The van der Waals surface area contributed by atoms with Gasteiger partial charge in [-0.15, -0.1) is 11.8 Å². The Hall–Kier alpha value is -0.960. The Morgan fingerprint density at radius 2 is 2.05 bits per heavy atom. The summed E-state index contributed by atoms with van der Waals surface area (Å²) >= 11 is 1.52. The van der Waals surface area contributed by atoms with Crippen LogP contribution in [-0.4, -0.2) is 66.1 Å². The lowest BCUT2D eigenvalue weighted by molar-refractivity contribution is -0.141. The summed E-state index contributed by atoms with van der Waals surface area (Å²) in [7, 11) is -3.04. The number of hydrogen-bond acceptors (Lipinski definition) is 5. The maximum absolute atomic E-state index is 12.2. The van der Waals surface area contributed by atoms with E-state index in [-0.39, 0.29) is 17.7 Å². The number of sulfone groups is 1. The molecular weight excluding hydrogens is 316 g/mol. The minimum Gasteiger partial charge on any atom is -0.480 e. The van der Waals surface area contributed by atoms with E-state index in [4.69, 9.17) is 0 Å². The van der Waals surface area contributed by atoms with Gasteiger partial charge >= 0.3 is 12.0 Å². The fourth-order valence-electron chi connectivity index (χ4n) is 2.34. The monoisotopic (exact) mass is 336 g/mol. The average molecular weight is 336 g/mol. The second-order valence-corrected chi connectivity index (χ2v) is 8.95. The molecule has 1 heterocycles. The van der Waals surface area contributed by atoms with Gasteiger partial charge in [-0.25, -0.2) is 18.0 Å². The van der Waals surface area contributed by atoms with E-state index in [0.29, 0.717) is 18.1 Å². The van der Waals surface area contributed by atoms with Crippen molar-refractivity contribution in [2.24, 2.45) is 5.92 Å². The first kappa shape index (κ1) is 16.4. The van der Waals surface area contributed by atoms with Crippen LogP contribution in [0.2, 0.25) is 0 Å². The van der Waals surface area contributed by atoms with Gasteiger partial charge in [0.2, 0.25) is 0 Å². The van der Waals surface area contributed by atoms with Crippen molar-refractivity contribution in [2.75, 3.05) is 24.3 Å². The topological polar surface area (TPSA) is 104 Å². The van der Waals surface area contributed by atoms with Crippen LogP contribution >= 0.6 is 11.8 Å². The SMILES string of the molecule is CS(=O)(=O)CCCNC(=O)N1C(C(=O)O)CSC1C1CC1.